The van der Waals surface area contributed by atoms with E-state index in [0.29, 0.717) is 0 Å². The van der Waals surface area contributed by atoms with Gasteiger partial charge in [-0.25, -0.2) is 0 Å². The fraction of sp³-hybridized carbons (Fsp3) is 0.667. The van der Waals surface area contributed by atoms with Gasteiger partial charge in [0.2, 0.25) is 0 Å². The molecule has 2 nitrogen and oxygen atoms in total. The van der Waals surface area contributed by atoms with E-state index in [9.17, 15) is 0 Å². The molecule has 0 aromatic rings. The predicted molar refractivity (Wildman–Crippen MR) is 36.7 cm³/mol. The largest absolute Gasteiger partial charge is 0.390 e. The molecular weight excluding hydrogens is 100 g/mol. The Bertz CT molecular complexity index is 52.5. The van der Waals surface area contributed by atoms with Gasteiger partial charge in [0.25, 0.3) is 0 Å². The van der Waals surface area contributed by atoms with Crippen LogP contribution in [0.3, 0.4) is 0 Å². The Kier molecular flexibility index (Phi) is 6.09. The number of rotatable bonds is 5. The SMILES string of the molecule is C=CNCCNCC. The molecule has 0 amide bonds. The molecule has 0 bridgehead atoms. The number of likely N-dealkylation sites (N-methyl/N-ethyl adjacent to an activating group) is 1. The Balaban J connectivity index is 2.62. The van der Waals surface area contributed by atoms with E-state index in [4.69, 9.17) is 0 Å². The molecule has 0 atom stereocenters. The summed E-state index contributed by atoms with van der Waals surface area (Å²) in [5.74, 6) is 0. The Morgan fingerprint density at radius 2 is 2.25 bits per heavy atom. The number of nitrogens with one attached hydrogen (secondary N) is 2. The van der Waals surface area contributed by atoms with Crippen molar-refractivity contribution in [2.45, 2.75) is 6.92 Å². The highest BCUT2D eigenvalue weighted by Crippen LogP contribution is 1.56. The predicted octanol–water partition coefficient (Wildman–Crippen LogP) is 0.329. The standard InChI is InChI=1S/C6H14N2/c1-3-7-5-6-8-4-2/h3,7-8H,1,4-6H2,2H3. The van der Waals surface area contributed by atoms with Crippen molar-refractivity contribution >= 4 is 0 Å². The van der Waals surface area contributed by atoms with Crippen LogP contribution in [0.15, 0.2) is 12.8 Å². The minimum absolute atomic E-state index is 0.970. The molecule has 0 saturated heterocycles. The maximum absolute atomic E-state index is 3.52. The van der Waals surface area contributed by atoms with Crippen LogP contribution in [0.5, 0.6) is 0 Å². The molecule has 2 N–H and O–H groups in total. The molecule has 0 aromatic heterocycles. The van der Waals surface area contributed by atoms with Crippen LogP contribution in [0.1, 0.15) is 6.92 Å². The van der Waals surface area contributed by atoms with Gasteiger partial charge >= 0.3 is 0 Å². The molecule has 0 aromatic carbocycles. The van der Waals surface area contributed by atoms with Crippen LogP contribution < -0.4 is 10.6 Å². The quantitative estimate of drug-likeness (QED) is 0.503. The van der Waals surface area contributed by atoms with Crippen molar-refractivity contribution < 1.29 is 0 Å². The Hall–Kier alpha value is -0.500. The molecule has 2 heteroatoms. The molecule has 0 radical (unpaired) electrons. The average Bonchev–Trinajstić information content (AvgIpc) is 1.81. The lowest BCUT2D eigenvalue weighted by Gasteiger charge is -1.98. The van der Waals surface area contributed by atoms with Crippen LogP contribution in [0, 0.1) is 0 Å². The lowest BCUT2D eigenvalue weighted by atomic mass is 10.6. The van der Waals surface area contributed by atoms with Gasteiger partial charge in [-0.3, -0.25) is 0 Å². The van der Waals surface area contributed by atoms with E-state index in [-0.39, 0.29) is 0 Å². The lowest BCUT2D eigenvalue weighted by molar-refractivity contribution is 0.687. The smallest absolute Gasteiger partial charge is 0.0266 e. The van der Waals surface area contributed by atoms with Crippen LogP contribution in [0.2, 0.25) is 0 Å². The van der Waals surface area contributed by atoms with Crippen molar-refractivity contribution in [2.75, 3.05) is 19.6 Å². The fourth-order valence-electron chi connectivity index (χ4n) is 0.439. The van der Waals surface area contributed by atoms with Crippen molar-refractivity contribution in [1.29, 1.82) is 0 Å². The highest BCUT2D eigenvalue weighted by atomic mass is 14.9. The molecule has 8 heavy (non-hydrogen) atoms. The highest BCUT2D eigenvalue weighted by Gasteiger charge is 1.76. The third kappa shape index (κ3) is 5.50. The van der Waals surface area contributed by atoms with Crippen LogP contribution in [0.4, 0.5) is 0 Å². The van der Waals surface area contributed by atoms with Crippen LogP contribution in [-0.2, 0) is 0 Å². The zero-order chi connectivity index (χ0) is 6.24. The second-order valence-corrected chi connectivity index (χ2v) is 1.51. The second kappa shape index (κ2) is 6.50. The summed E-state index contributed by atoms with van der Waals surface area (Å²) >= 11 is 0. The summed E-state index contributed by atoms with van der Waals surface area (Å²) in [7, 11) is 0. The third-order valence-electron chi connectivity index (χ3n) is 0.840. The van der Waals surface area contributed by atoms with E-state index >= 15 is 0 Å². The van der Waals surface area contributed by atoms with Crippen molar-refractivity contribution in [1.82, 2.24) is 10.6 Å². The molecule has 0 unspecified atom stereocenters. The normalized spacial score (nSPS) is 8.62. The van der Waals surface area contributed by atoms with Gasteiger partial charge in [-0.2, -0.15) is 0 Å². The maximum atomic E-state index is 3.52. The Morgan fingerprint density at radius 1 is 1.50 bits per heavy atom. The highest BCUT2D eigenvalue weighted by molar-refractivity contribution is 4.62. The molecule has 0 fully saturated rings. The van der Waals surface area contributed by atoms with Gasteiger partial charge < -0.3 is 10.6 Å². The molecule has 0 aliphatic heterocycles. The molecule has 0 aliphatic carbocycles. The molecule has 0 heterocycles. The summed E-state index contributed by atoms with van der Waals surface area (Å²) in [6, 6.07) is 0. The molecule has 0 saturated carbocycles. The van der Waals surface area contributed by atoms with Gasteiger partial charge in [0.1, 0.15) is 0 Å². The number of hydrogen-bond donors (Lipinski definition) is 2. The second-order valence-electron chi connectivity index (χ2n) is 1.51. The van der Waals surface area contributed by atoms with E-state index in [0.717, 1.165) is 19.6 Å². The van der Waals surface area contributed by atoms with Gasteiger partial charge in [-0.1, -0.05) is 13.5 Å². The average molecular weight is 114 g/mol. The molecular formula is C6H14N2. The van der Waals surface area contributed by atoms with Crippen molar-refractivity contribution in [3.63, 3.8) is 0 Å². The Labute approximate surface area is 51.0 Å². The number of hydrogen-bond acceptors (Lipinski definition) is 2. The zero-order valence-corrected chi connectivity index (χ0v) is 5.41. The lowest BCUT2D eigenvalue weighted by Crippen LogP contribution is -2.23. The zero-order valence-electron chi connectivity index (χ0n) is 5.41. The van der Waals surface area contributed by atoms with Crippen molar-refractivity contribution in [3.8, 4) is 0 Å². The van der Waals surface area contributed by atoms with Gasteiger partial charge in [0, 0.05) is 13.1 Å². The van der Waals surface area contributed by atoms with E-state index < -0.39 is 0 Å². The summed E-state index contributed by atoms with van der Waals surface area (Å²) in [5.41, 5.74) is 0. The first-order valence-corrected chi connectivity index (χ1v) is 2.96. The van der Waals surface area contributed by atoms with Crippen molar-refractivity contribution in [3.05, 3.63) is 12.8 Å². The summed E-state index contributed by atoms with van der Waals surface area (Å²) in [5, 5.41) is 6.16. The molecule has 0 spiro atoms. The third-order valence-corrected chi connectivity index (χ3v) is 0.840. The van der Waals surface area contributed by atoms with Gasteiger partial charge in [-0.05, 0) is 12.7 Å². The molecule has 0 rings (SSSR count). The molecule has 0 aliphatic rings. The first-order valence-electron chi connectivity index (χ1n) is 2.96. The van der Waals surface area contributed by atoms with E-state index in [1.165, 1.54) is 0 Å². The fourth-order valence-corrected chi connectivity index (χ4v) is 0.439. The van der Waals surface area contributed by atoms with Crippen LogP contribution in [0.25, 0.3) is 0 Å². The van der Waals surface area contributed by atoms with Crippen molar-refractivity contribution in [2.24, 2.45) is 0 Å². The van der Waals surface area contributed by atoms with Crippen LogP contribution >= 0.6 is 0 Å². The van der Waals surface area contributed by atoms with Crippen LogP contribution in [-0.4, -0.2) is 19.6 Å². The maximum Gasteiger partial charge on any atom is 0.0266 e. The first-order chi connectivity index (χ1) is 3.91. The van der Waals surface area contributed by atoms with Gasteiger partial charge in [0.05, 0.1) is 0 Å². The van der Waals surface area contributed by atoms with E-state index in [1.54, 1.807) is 6.20 Å². The summed E-state index contributed by atoms with van der Waals surface area (Å²) in [6.45, 7) is 8.64. The summed E-state index contributed by atoms with van der Waals surface area (Å²) in [4.78, 5) is 0. The van der Waals surface area contributed by atoms with Gasteiger partial charge in [0.15, 0.2) is 0 Å². The molecule has 48 valence electrons. The van der Waals surface area contributed by atoms with E-state index in [1.807, 2.05) is 0 Å². The summed E-state index contributed by atoms with van der Waals surface area (Å²) < 4.78 is 0. The topological polar surface area (TPSA) is 24.1 Å². The minimum Gasteiger partial charge on any atom is -0.390 e. The Morgan fingerprint density at radius 3 is 2.75 bits per heavy atom. The van der Waals surface area contributed by atoms with E-state index in [2.05, 4.69) is 24.1 Å². The monoisotopic (exact) mass is 114 g/mol. The summed E-state index contributed by atoms with van der Waals surface area (Å²) in [6.07, 6.45) is 1.71. The first kappa shape index (κ1) is 7.50. The minimum atomic E-state index is 0.970. The van der Waals surface area contributed by atoms with Gasteiger partial charge in [-0.15, -0.1) is 0 Å².